The predicted octanol–water partition coefficient (Wildman–Crippen LogP) is 2.76. The number of likely N-dealkylation sites (N-methyl/N-ethyl adjacent to an activating group) is 1. The van der Waals surface area contributed by atoms with Gasteiger partial charge in [0.25, 0.3) is 0 Å². The molecule has 20 heavy (non-hydrogen) atoms. The molecule has 104 valence electrons. The molecule has 1 unspecified atom stereocenters. The van der Waals surface area contributed by atoms with Crippen molar-refractivity contribution in [1.29, 1.82) is 0 Å². The van der Waals surface area contributed by atoms with Gasteiger partial charge in [-0.2, -0.15) is 0 Å². The van der Waals surface area contributed by atoms with Gasteiger partial charge in [0.05, 0.1) is 12.6 Å². The number of ether oxygens (including phenoxy) is 1. The molecule has 0 bridgehead atoms. The van der Waals surface area contributed by atoms with Crippen LogP contribution < -0.4 is 15.4 Å². The van der Waals surface area contributed by atoms with Crippen LogP contribution in [-0.2, 0) is 6.42 Å². The minimum absolute atomic E-state index is 0.184. The van der Waals surface area contributed by atoms with Gasteiger partial charge >= 0.3 is 0 Å². The first-order valence-corrected chi connectivity index (χ1v) is 7.03. The third-order valence-electron chi connectivity index (χ3n) is 3.95. The number of para-hydroxylation sites is 1. The minimum Gasteiger partial charge on any atom is -0.493 e. The van der Waals surface area contributed by atoms with Crippen molar-refractivity contribution in [1.82, 2.24) is 0 Å². The second kappa shape index (κ2) is 5.55. The van der Waals surface area contributed by atoms with Crippen molar-refractivity contribution in [2.24, 2.45) is 5.73 Å². The van der Waals surface area contributed by atoms with E-state index in [4.69, 9.17) is 10.5 Å². The number of fused-ring (bicyclic) bond motifs is 1. The lowest BCUT2D eigenvalue weighted by atomic mass is 10.0. The number of nitrogens with zero attached hydrogens (tertiary/aromatic N) is 1. The second-order valence-electron chi connectivity index (χ2n) is 5.16. The molecule has 2 aromatic rings. The lowest BCUT2D eigenvalue weighted by Gasteiger charge is -2.29. The van der Waals surface area contributed by atoms with Gasteiger partial charge in [-0.15, -0.1) is 0 Å². The van der Waals surface area contributed by atoms with Gasteiger partial charge in [0.2, 0.25) is 0 Å². The van der Waals surface area contributed by atoms with Crippen molar-refractivity contribution >= 4 is 5.69 Å². The third-order valence-corrected chi connectivity index (χ3v) is 3.95. The highest BCUT2D eigenvalue weighted by atomic mass is 16.5. The average molecular weight is 268 g/mol. The van der Waals surface area contributed by atoms with E-state index in [1.165, 1.54) is 16.8 Å². The lowest BCUT2D eigenvalue weighted by Crippen LogP contribution is -2.30. The van der Waals surface area contributed by atoms with E-state index in [0.29, 0.717) is 6.54 Å². The molecule has 3 rings (SSSR count). The molecule has 3 nitrogen and oxygen atoms in total. The van der Waals surface area contributed by atoms with E-state index in [1.807, 2.05) is 6.07 Å². The second-order valence-corrected chi connectivity index (χ2v) is 5.16. The van der Waals surface area contributed by atoms with E-state index in [0.717, 1.165) is 18.8 Å². The summed E-state index contributed by atoms with van der Waals surface area (Å²) >= 11 is 0. The average Bonchev–Trinajstić information content (AvgIpc) is 2.96. The third kappa shape index (κ3) is 2.37. The highest BCUT2D eigenvalue weighted by Gasteiger charge is 2.19. The quantitative estimate of drug-likeness (QED) is 0.926. The van der Waals surface area contributed by atoms with Crippen LogP contribution in [0.1, 0.15) is 17.2 Å². The maximum atomic E-state index is 6.02. The van der Waals surface area contributed by atoms with Gasteiger partial charge in [-0.3, -0.25) is 0 Å². The van der Waals surface area contributed by atoms with Gasteiger partial charge in [-0.25, -0.2) is 0 Å². The minimum atomic E-state index is 0.184. The van der Waals surface area contributed by atoms with E-state index >= 15 is 0 Å². The van der Waals surface area contributed by atoms with Crippen molar-refractivity contribution in [2.75, 3.05) is 25.1 Å². The van der Waals surface area contributed by atoms with Crippen LogP contribution in [0, 0.1) is 0 Å². The van der Waals surface area contributed by atoms with Gasteiger partial charge in [-0.05, 0) is 35.4 Å². The first-order chi connectivity index (χ1) is 9.79. The zero-order valence-electron chi connectivity index (χ0n) is 11.8. The van der Waals surface area contributed by atoms with Gasteiger partial charge in [-0.1, -0.05) is 24.3 Å². The maximum Gasteiger partial charge on any atom is 0.122 e. The summed E-state index contributed by atoms with van der Waals surface area (Å²) in [6, 6.07) is 17.0. The van der Waals surface area contributed by atoms with E-state index in [-0.39, 0.29) is 6.04 Å². The van der Waals surface area contributed by atoms with Crippen LogP contribution in [0.15, 0.2) is 48.5 Å². The maximum absolute atomic E-state index is 6.02. The van der Waals surface area contributed by atoms with E-state index in [1.54, 1.807) is 0 Å². The molecular weight excluding hydrogens is 248 g/mol. The highest BCUT2D eigenvalue weighted by molar-refractivity contribution is 5.49. The van der Waals surface area contributed by atoms with Gasteiger partial charge in [0.15, 0.2) is 0 Å². The van der Waals surface area contributed by atoms with E-state index < -0.39 is 0 Å². The van der Waals surface area contributed by atoms with Crippen LogP contribution in [0.5, 0.6) is 5.75 Å². The van der Waals surface area contributed by atoms with Gasteiger partial charge in [0, 0.05) is 25.7 Å². The summed E-state index contributed by atoms with van der Waals surface area (Å²) in [5, 5.41) is 0. The monoisotopic (exact) mass is 268 g/mol. The Morgan fingerprint density at radius 3 is 2.75 bits per heavy atom. The Labute approximate surface area is 120 Å². The standard InChI is InChI=1S/C17H20N2O/c1-19(15-5-3-2-4-6-15)16(12-18)13-7-8-17-14(11-13)9-10-20-17/h2-8,11,16H,9-10,12,18H2,1H3. The number of hydrogen-bond donors (Lipinski definition) is 1. The largest absolute Gasteiger partial charge is 0.493 e. The molecule has 3 heteroatoms. The summed E-state index contributed by atoms with van der Waals surface area (Å²) in [7, 11) is 2.09. The molecule has 0 saturated carbocycles. The Kier molecular flexibility index (Phi) is 3.61. The molecule has 0 radical (unpaired) electrons. The molecule has 0 aliphatic carbocycles. The molecule has 0 aromatic heterocycles. The Hall–Kier alpha value is -2.00. The van der Waals surface area contributed by atoms with Crippen molar-refractivity contribution < 1.29 is 4.74 Å². The molecule has 1 aliphatic heterocycles. The Morgan fingerprint density at radius 1 is 1.20 bits per heavy atom. The number of anilines is 1. The number of benzene rings is 2. The Morgan fingerprint density at radius 2 is 2.00 bits per heavy atom. The number of nitrogens with two attached hydrogens (primary N) is 1. The van der Waals surface area contributed by atoms with Crippen molar-refractivity contribution in [2.45, 2.75) is 12.5 Å². The molecule has 1 aliphatic rings. The SMILES string of the molecule is CN(c1ccccc1)C(CN)c1ccc2c(c1)CCO2. The van der Waals surface area contributed by atoms with Gasteiger partial charge in [0.1, 0.15) is 5.75 Å². The van der Waals surface area contributed by atoms with Crippen molar-refractivity contribution in [3.8, 4) is 5.75 Å². The fraction of sp³-hybridized carbons (Fsp3) is 0.294. The normalized spacial score (nSPS) is 14.5. The molecule has 1 heterocycles. The molecule has 0 amide bonds. The van der Waals surface area contributed by atoms with Crippen LogP contribution in [0.25, 0.3) is 0 Å². The number of rotatable bonds is 4. The highest BCUT2D eigenvalue weighted by Crippen LogP contribution is 2.31. The van der Waals surface area contributed by atoms with E-state index in [9.17, 15) is 0 Å². The lowest BCUT2D eigenvalue weighted by molar-refractivity contribution is 0.357. The Bertz CT molecular complexity index is 583. The first kappa shape index (κ1) is 13.0. The first-order valence-electron chi connectivity index (χ1n) is 7.03. The smallest absolute Gasteiger partial charge is 0.122 e. The predicted molar refractivity (Wildman–Crippen MR) is 82.3 cm³/mol. The van der Waals surface area contributed by atoms with Crippen LogP contribution in [0.4, 0.5) is 5.69 Å². The molecule has 2 N–H and O–H groups in total. The van der Waals surface area contributed by atoms with Crippen LogP contribution in [0.2, 0.25) is 0 Å². The fourth-order valence-electron chi connectivity index (χ4n) is 2.77. The van der Waals surface area contributed by atoms with E-state index in [2.05, 4.69) is 54.4 Å². The van der Waals surface area contributed by atoms with Gasteiger partial charge < -0.3 is 15.4 Å². The summed E-state index contributed by atoms with van der Waals surface area (Å²) in [5.74, 6) is 1.02. The molecule has 0 saturated heterocycles. The fourth-order valence-corrected chi connectivity index (χ4v) is 2.77. The molecule has 0 spiro atoms. The number of hydrogen-bond acceptors (Lipinski definition) is 3. The zero-order chi connectivity index (χ0) is 13.9. The van der Waals surface area contributed by atoms with Crippen LogP contribution in [0.3, 0.4) is 0 Å². The molecule has 2 aromatic carbocycles. The molecular formula is C17H20N2O. The summed E-state index contributed by atoms with van der Waals surface area (Å²) in [4.78, 5) is 2.23. The van der Waals surface area contributed by atoms with Crippen LogP contribution >= 0.6 is 0 Å². The summed E-state index contributed by atoms with van der Waals surface area (Å²) in [5.41, 5.74) is 9.74. The summed E-state index contributed by atoms with van der Waals surface area (Å²) < 4.78 is 5.57. The van der Waals surface area contributed by atoms with Crippen LogP contribution in [-0.4, -0.2) is 20.2 Å². The van der Waals surface area contributed by atoms with Crippen molar-refractivity contribution in [3.63, 3.8) is 0 Å². The molecule has 0 fully saturated rings. The topological polar surface area (TPSA) is 38.5 Å². The Balaban J connectivity index is 1.90. The molecule has 1 atom stereocenters. The van der Waals surface area contributed by atoms with Crippen molar-refractivity contribution in [3.05, 3.63) is 59.7 Å². The summed E-state index contributed by atoms with van der Waals surface area (Å²) in [6.07, 6.45) is 0.996. The summed E-state index contributed by atoms with van der Waals surface area (Å²) in [6.45, 7) is 1.38. The zero-order valence-corrected chi connectivity index (χ0v) is 11.8.